The van der Waals surface area contributed by atoms with Gasteiger partial charge in [0.15, 0.2) is 5.82 Å². The van der Waals surface area contributed by atoms with Crippen LogP contribution in [0.4, 0.5) is 5.82 Å². The van der Waals surface area contributed by atoms with E-state index in [4.69, 9.17) is 5.73 Å². The number of nitrogens with two attached hydrogens (primary N) is 1. The average Bonchev–Trinajstić information content (AvgIpc) is 2.84. The maximum absolute atomic E-state index is 12.1. The van der Waals surface area contributed by atoms with Crippen LogP contribution in [0.2, 0.25) is 0 Å². The molecule has 0 radical (unpaired) electrons. The lowest BCUT2D eigenvalue weighted by molar-refractivity contribution is 0.600. The molecule has 2 heterocycles. The summed E-state index contributed by atoms with van der Waals surface area (Å²) in [6.07, 6.45) is 1.66. The van der Waals surface area contributed by atoms with Crippen LogP contribution < -0.4 is 10.5 Å². The molecule has 0 aliphatic heterocycles. The standard InChI is InChI=1S/C9H11BrN4O2S2/c1-14-3-2-8(12-14)13-18(15,16)7-4-6(5-11)17-9(7)10/h2-4H,5,11H2,1H3,(H,12,13). The van der Waals surface area contributed by atoms with Gasteiger partial charge in [-0.1, -0.05) is 0 Å². The van der Waals surface area contributed by atoms with E-state index >= 15 is 0 Å². The molecule has 6 nitrogen and oxygen atoms in total. The first-order chi connectivity index (χ1) is 8.42. The van der Waals surface area contributed by atoms with E-state index in [1.54, 1.807) is 25.4 Å². The van der Waals surface area contributed by atoms with Crippen molar-refractivity contribution in [3.8, 4) is 0 Å². The summed E-state index contributed by atoms with van der Waals surface area (Å²) in [5.74, 6) is 0.282. The van der Waals surface area contributed by atoms with E-state index in [0.717, 1.165) is 4.88 Å². The van der Waals surface area contributed by atoms with Gasteiger partial charge in [0.2, 0.25) is 0 Å². The Morgan fingerprint density at radius 3 is 2.83 bits per heavy atom. The maximum Gasteiger partial charge on any atom is 0.265 e. The average molecular weight is 351 g/mol. The number of rotatable bonds is 4. The number of nitrogens with zero attached hydrogens (tertiary/aromatic N) is 2. The number of anilines is 1. The van der Waals surface area contributed by atoms with E-state index in [-0.39, 0.29) is 10.7 Å². The Hall–Kier alpha value is -0.900. The van der Waals surface area contributed by atoms with E-state index in [1.807, 2.05) is 0 Å². The Morgan fingerprint density at radius 1 is 1.61 bits per heavy atom. The molecule has 0 aliphatic rings. The van der Waals surface area contributed by atoms with Crippen molar-refractivity contribution in [3.05, 3.63) is 27.0 Å². The number of thiophene rings is 1. The van der Waals surface area contributed by atoms with Crippen molar-refractivity contribution in [2.24, 2.45) is 12.8 Å². The van der Waals surface area contributed by atoms with E-state index < -0.39 is 10.0 Å². The molecule has 18 heavy (non-hydrogen) atoms. The Labute approximate surface area is 117 Å². The Bertz CT molecular complexity index is 662. The van der Waals surface area contributed by atoms with Crippen molar-refractivity contribution in [2.45, 2.75) is 11.4 Å². The molecule has 0 unspecified atom stereocenters. The third-order valence-corrected chi connectivity index (χ3v) is 5.78. The number of hydrogen-bond donors (Lipinski definition) is 2. The van der Waals surface area contributed by atoms with Gasteiger partial charge in [-0.05, 0) is 22.0 Å². The minimum Gasteiger partial charge on any atom is -0.326 e. The van der Waals surface area contributed by atoms with Gasteiger partial charge in [0.05, 0.1) is 3.79 Å². The molecule has 0 saturated heterocycles. The Morgan fingerprint density at radius 2 is 2.33 bits per heavy atom. The molecule has 0 amide bonds. The third kappa shape index (κ3) is 2.74. The molecular formula is C9H11BrN4O2S2. The third-order valence-electron chi connectivity index (χ3n) is 2.15. The fourth-order valence-electron chi connectivity index (χ4n) is 1.34. The van der Waals surface area contributed by atoms with Crippen LogP contribution in [0.15, 0.2) is 27.0 Å². The summed E-state index contributed by atoms with van der Waals surface area (Å²) in [5.41, 5.74) is 5.49. The topological polar surface area (TPSA) is 90.0 Å². The highest BCUT2D eigenvalue weighted by molar-refractivity contribution is 9.11. The van der Waals surface area contributed by atoms with E-state index in [1.165, 1.54) is 16.0 Å². The van der Waals surface area contributed by atoms with Gasteiger partial charge < -0.3 is 5.73 Å². The summed E-state index contributed by atoms with van der Waals surface area (Å²) in [5, 5.41) is 3.97. The fourth-order valence-corrected chi connectivity index (χ4v) is 4.90. The van der Waals surface area contributed by atoms with Crippen LogP contribution in [0.5, 0.6) is 0 Å². The number of aromatic nitrogens is 2. The molecular weight excluding hydrogens is 340 g/mol. The van der Waals surface area contributed by atoms with Gasteiger partial charge in [-0.15, -0.1) is 11.3 Å². The summed E-state index contributed by atoms with van der Waals surface area (Å²) in [4.78, 5) is 0.974. The molecule has 0 fully saturated rings. The molecule has 98 valence electrons. The quantitative estimate of drug-likeness (QED) is 0.874. The van der Waals surface area contributed by atoms with Crippen molar-refractivity contribution in [1.82, 2.24) is 9.78 Å². The molecule has 2 rings (SSSR count). The van der Waals surface area contributed by atoms with Crippen molar-refractivity contribution in [3.63, 3.8) is 0 Å². The first kappa shape index (κ1) is 13.5. The van der Waals surface area contributed by atoms with Crippen LogP contribution >= 0.6 is 27.3 Å². The van der Waals surface area contributed by atoms with Gasteiger partial charge in [-0.3, -0.25) is 9.40 Å². The van der Waals surface area contributed by atoms with Gasteiger partial charge in [0.25, 0.3) is 10.0 Å². The zero-order valence-corrected chi connectivity index (χ0v) is 12.6. The minimum atomic E-state index is -3.64. The van der Waals surface area contributed by atoms with Crippen LogP contribution in [0.3, 0.4) is 0 Å². The largest absolute Gasteiger partial charge is 0.326 e. The van der Waals surface area contributed by atoms with Crippen LogP contribution in [0.1, 0.15) is 4.88 Å². The number of aryl methyl sites for hydroxylation is 1. The normalized spacial score (nSPS) is 11.7. The highest BCUT2D eigenvalue weighted by Crippen LogP contribution is 2.32. The smallest absolute Gasteiger partial charge is 0.265 e. The van der Waals surface area contributed by atoms with Crippen LogP contribution in [0, 0.1) is 0 Å². The van der Waals surface area contributed by atoms with Crippen LogP contribution in [0.25, 0.3) is 0 Å². The fraction of sp³-hybridized carbons (Fsp3) is 0.222. The number of sulfonamides is 1. The van der Waals surface area contributed by atoms with Crippen LogP contribution in [-0.4, -0.2) is 18.2 Å². The molecule has 0 atom stereocenters. The monoisotopic (exact) mass is 350 g/mol. The van der Waals surface area contributed by atoms with E-state index in [2.05, 4.69) is 25.8 Å². The second kappa shape index (κ2) is 5.00. The molecule has 0 aromatic carbocycles. The Kier molecular flexibility index (Phi) is 3.76. The molecule has 0 bridgehead atoms. The van der Waals surface area contributed by atoms with Gasteiger partial charge >= 0.3 is 0 Å². The summed E-state index contributed by atoms with van der Waals surface area (Å²) >= 11 is 4.53. The summed E-state index contributed by atoms with van der Waals surface area (Å²) in [6, 6.07) is 3.14. The zero-order chi connectivity index (χ0) is 13.3. The van der Waals surface area contributed by atoms with Crippen molar-refractivity contribution in [1.29, 1.82) is 0 Å². The first-order valence-corrected chi connectivity index (χ1v) is 8.02. The highest BCUT2D eigenvalue weighted by Gasteiger charge is 2.21. The minimum absolute atomic E-state index is 0.179. The van der Waals surface area contributed by atoms with Crippen molar-refractivity contribution >= 4 is 43.1 Å². The molecule has 2 aromatic rings. The first-order valence-electron chi connectivity index (χ1n) is 4.93. The second-order valence-corrected chi connectivity index (χ2v) is 7.64. The number of nitrogens with one attached hydrogen (secondary N) is 1. The lowest BCUT2D eigenvalue weighted by Gasteiger charge is -2.03. The molecule has 3 N–H and O–H groups in total. The lowest BCUT2D eigenvalue weighted by Crippen LogP contribution is -2.13. The van der Waals surface area contributed by atoms with Gasteiger partial charge in [0.1, 0.15) is 4.90 Å². The lowest BCUT2D eigenvalue weighted by atomic mass is 10.5. The maximum atomic E-state index is 12.1. The molecule has 0 saturated carbocycles. The second-order valence-electron chi connectivity index (χ2n) is 3.53. The summed E-state index contributed by atoms with van der Waals surface area (Å²) < 4.78 is 28.7. The SMILES string of the molecule is Cn1ccc(NS(=O)(=O)c2cc(CN)sc2Br)n1. The number of hydrogen-bond acceptors (Lipinski definition) is 5. The molecule has 9 heteroatoms. The highest BCUT2D eigenvalue weighted by atomic mass is 79.9. The van der Waals surface area contributed by atoms with Crippen molar-refractivity contribution < 1.29 is 8.42 Å². The van der Waals surface area contributed by atoms with Gasteiger partial charge in [-0.25, -0.2) is 8.42 Å². The summed E-state index contributed by atoms with van der Waals surface area (Å²) in [6.45, 7) is 0.308. The van der Waals surface area contributed by atoms with E-state index in [0.29, 0.717) is 10.3 Å². The Balaban J connectivity index is 2.33. The molecule has 2 aromatic heterocycles. The van der Waals surface area contributed by atoms with Crippen molar-refractivity contribution in [2.75, 3.05) is 4.72 Å². The van der Waals surface area contributed by atoms with Gasteiger partial charge in [-0.2, -0.15) is 5.10 Å². The van der Waals surface area contributed by atoms with E-state index in [9.17, 15) is 8.42 Å². The molecule has 0 aliphatic carbocycles. The van der Waals surface area contributed by atoms with Crippen LogP contribution in [-0.2, 0) is 23.6 Å². The predicted molar refractivity (Wildman–Crippen MR) is 73.9 cm³/mol. The number of halogens is 1. The molecule has 0 spiro atoms. The summed E-state index contributed by atoms with van der Waals surface area (Å²) in [7, 11) is -1.92. The predicted octanol–water partition coefficient (Wildman–Crippen LogP) is 1.50. The van der Waals surface area contributed by atoms with Gasteiger partial charge in [0, 0.05) is 30.7 Å². The zero-order valence-electron chi connectivity index (χ0n) is 9.42.